The van der Waals surface area contributed by atoms with Crippen LogP contribution in [0.5, 0.6) is 0 Å². The molecule has 0 amide bonds. The summed E-state index contributed by atoms with van der Waals surface area (Å²) in [5, 5.41) is 7.32. The van der Waals surface area contributed by atoms with Crippen LogP contribution in [0.15, 0.2) is 303 Å². The number of hydrogen-bond donors (Lipinski definition) is 0. The van der Waals surface area contributed by atoms with Crippen molar-refractivity contribution >= 4 is 60.4 Å². The highest BCUT2D eigenvalue weighted by Crippen LogP contribution is 2.54. The summed E-state index contributed by atoms with van der Waals surface area (Å²) >= 11 is 0. The standard InChI is InChI=1S/C86H62N2/c1-85(2)77-31-15-9-25-67(77)75-51-61(41-47-79(75)85)65-45-43-63(53-73(65)59-39-37-55-21-5-7-23-57(55)49-59)87(81-33-17-11-27-69(81)70-28-12-18-34-82(70)88-83-35-19-13-29-71(83)72-30-14-20-36-84(72)88)64-44-46-66(74(54-64)60-40-38-56-22-6-8-24-58(56)50-60)62-42-48-80-76(52-62)68-26-10-16-32-78(68)86(80,3)4/h5-54H,1-4H3. The second kappa shape index (κ2) is 19.9. The van der Waals surface area contributed by atoms with E-state index in [9.17, 15) is 0 Å². The van der Waals surface area contributed by atoms with Crippen LogP contribution in [-0.4, -0.2) is 4.57 Å². The van der Waals surface area contributed by atoms with Crippen LogP contribution in [0, 0.1) is 0 Å². The fraction of sp³-hybridized carbons (Fsp3) is 0.0698. The highest BCUT2D eigenvalue weighted by molar-refractivity contribution is 6.10. The van der Waals surface area contributed by atoms with Gasteiger partial charge >= 0.3 is 0 Å². The molecule has 17 rings (SSSR count). The van der Waals surface area contributed by atoms with Gasteiger partial charge in [0.1, 0.15) is 0 Å². The fourth-order valence-corrected chi connectivity index (χ4v) is 15.2. The molecule has 1 aromatic heterocycles. The second-order valence-electron chi connectivity index (χ2n) is 25.2. The summed E-state index contributed by atoms with van der Waals surface area (Å²) in [5.74, 6) is 0. The first-order chi connectivity index (χ1) is 43.2. The maximum Gasteiger partial charge on any atom is 0.0541 e. The number of hydrogen-bond acceptors (Lipinski definition) is 1. The molecule has 2 aliphatic rings. The van der Waals surface area contributed by atoms with Gasteiger partial charge in [0.25, 0.3) is 0 Å². The Morgan fingerprint density at radius 2 is 0.636 bits per heavy atom. The molecule has 0 spiro atoms. The number of benzene rings is 14. The molecule has 2 aliphatic carbocycles. The molecule has 0 atom stereocenters. The zero-order valence-corrected chi connectivity index (χ0v) is 49.8. The van der Waals surface area contributed by atoms with Crippen LogP contribution in [-0.2, 0) is 10.8 Å². The Balaban J connectivity index is 0.929. The predicted molar refractivity (Wildman–Crippen MR) is 373 cm³/mol. The van der Waals surface area contributed by atoms with Crippen molar-refractivity contribution in [3.05, 3.63) is 326 Å². The van der Waals surface area contributed by atoms with Crippen molar-refractivity contribution in [1.82, 2.24) is 4.57 Å². The SMILES string of the molecule is CC1(C)c2ccccc2-c2cc(-c3ccc(N(c4ccc(-c5ccc6c(c5)-c5ccccc5C6(C)C)c(-c5ccc6ccccc6c5)c4)c4ccccc4-c4ccccc4-n4c5ccccc5c5ccccc54)cc3-c3ccc4ccccc4c3)ccc21. The smallest absolute Gasteiger partial charge is 0.0541 e. The maximum absolute atomic E-state index is 2.53. The number of anilines is 3. The fourth-order valence-electron chi connectivity index (χ4n) is 15.2. The third kappa shape index (κ3) is 8.02. The molecule has 0 saturated carbocycles. The van der Waals surface area contributed by atoms with Crippen molar-refractivity contribution < 1.29 is 0 Å². The van der Waals surface area contributed by atoms with E-state index in [0.29, 0.717) is 0 Å². The van der Waals surface area contributed by atoms with E-state index in [1.54, 1.807) is 0 Å². The van der Waals surface area contributed by atoms with Crippen LogP contribution in [0.1, 0.15) is 49.9 Å². The van der Waals surface area contributed by atoms with Crippen molar-refractivity contribution in [3.8, 4) is 83.6 Å². The molecule has 0 unspecified atom stereocenters. The minimum atomic E-state index is -0.103. The monoisotopic (exact) mass is 1120 g/mol. The van der Waals surface area contributed by atoms with Gasteiger partial charge in [0.2, 0.25) is 0 Å². The van der Waals surface area contributed by atoms with Crippen LogP contribution in [0.3, 0.4) is 0 Å². The Morgan fingerprint density at radius 1 is 0.250 bits per heavy atom. The number of rotatable bonds is 9. The molecule has 15 aromatic rings. The third-order valence-electron chi connectivity index (χ3n) is 19.6. The molecule has 1 heterocycles. The molecule has 0 N–H and O–H groups in total. The van der Waals surface area contributed by atoms with Crippen LogP contribution in [0.2, 0.25) is 0 Å². The molecule has 2 heteroatoms. The highest BCUT2D eigenvalue weighted by atomic mass is 15.1. The van der Waals surface area contributed by atoms with Crippen LogP contribution in [0.25, 0.3) is 127 Å². The minimum absolute atomic E-state index is 0.103. The number of aromatic nitrogens is 1. The molecule has 2 nitrogen and oxygen atoms in total. The Hall–Kier alpha value is -10.8. The lowest BCUT2D eigenvalue weighted by atomic mass is 9.82. The summed E-state index contributed by atoms with van der Waals surface area (Å²) < 4.78 is 2.46. The summed E-state index contributed by atoms with van der Waals surface area (Å²) in [6, 6.07) is 114. The van der Waals surface area contributed by atoms with Gasteiger partial charge in [-0.15, -0.1) is 0 Å². The summed E-state index contributed by atoms with van der Waals surface area (Å²) in [5.41, 5.74) is 28.8. The van der Waals surface area contributed by atoms with Crippen LogP contribution < -0.4 is 4.90 Å². The lowest BCUT2D eigenvalue weighted by molar-refractivity contribution is 0.660. The van der Waals surface area contributed by atoms with Gasteiger partial charge in [-0.3, -0.25) is 0 Å². The van der Waals surface area contributed by atoms with Gasteiger partial charge in [-0.1, -0.05) is 258 Å². The van der Waals surface area contributed by atoms with Gasteiger partial charge in [0.05, 0.1) is 22.4 Å². The second-order valence-corrected chi connectivity index (χ2v) is 25.2. The van der Waals surface area contributed by atoms with Crippen molar-refractivity contribution in [2.75, 3.05) is 4.90 Å². The third-order valence-corrected chi connectivity index (χ3v) is 19.6. The molecule has 0 bridgehead atoms. The molecule has 0 saturated heterocycles. The van der Waals surface area contributed by atoms with Gasteiger partial charge in [0, 0.05) is 44.1 Å². The molecule has 0 fully saturated rings. The first-order valence-electron chi connectivity index (χ1n) is 30.9. The maximum atomic E-state index is 2.53. The quantitative estimate of drug-likeness (QED) is 0.140. The van der Waals surface area contributed by atoms with Crippen molar-refractivity contribution in [2.24, 2.45) is 0 Å². The molecule has 0 radical (unpaired) electrons. The van der Waals surface area contributed by atoms with Gasteiger partial charge in [-0.05, 0) is 183 Å². The molecular formula is C86H62N2. The van der Waals surface area contributed by atoms with Gasteiger partial charge in [0.15, 0.2) is 0 Å². The van der Waals surface area contributed by atoms with Crippen LogP contribution in [0.4, 0.5) is 17.1 Å². The zero-order chi connectivity index (χ0) is 58.8. The lowest BCUT2D eigenvalue weighted by Crippen LogP contribution is -2.14. The van der Waals surface area contributed by atoms with Gasteiger partial charge in [-0.25, -0.2) is 0 Å². The summed E-state index contributed by atoms with van der Waals surface area (Å²) in [6.45, 7) is 9.46. The topological polar surface area (TPSA) is 8.17 Å². The molecule has 416 valence electrons. The number of para-hydroxylation sites is 4. The summed E-state index contributed by atoms with van der Waals surface area (Å²) in [6.07, 6.45) is 0. The van der Waals surface area contributed by atoms with E-state index in [1.165, 1.54) is 110 Å². The molecule has 88 heavy (non-hydrogen) atoms. The Morgan fingerprint density at radius 3 is 1.16 bits per heavy atom. The van der Waals surface area contributed by atoms with Crippen LogP contribution >= 0.6 is 0 Å². The zero-order valence-electron chi connectivity index (χ0n) is 49.8. The average molecular weight is 1120 g/mol. The van der Waals surface area contributed by atoms with E-state index in [0.717, 1.165) is 56.1 Å². The number of nitrogens with zero attached hydrogens (tertiary/aromatic N) is 2. The normalized spacial score (nSPS) is 13.4. The summed E-state index contributed by atoms with van der Waals surface area (Å²) in [7, 11) is 0. The van der Waals surface area contributed by atoms with Crippen molar-refractivity contribution in [2.45, 2.75) is 38.5 Å². The van der Waals surface area contributed by atoms with Gasteiger partial charge < -0.3 is 9.47 Å². The lowest BCUT2D eigenvalue weighted by Gasteiger charge is -2.30. The van der Waals surface area contributed by atoms with Crippen molar-refractivity contribution in [3.63, 3.8) is 0 Å². The minimum Gasteiger partial charge on any atom is -0.310 e. The Labute approximate surface area is 514 Å². The van der Waals surface area contributed by atoms with Gasteiger partial charge in [-0.2, -0.15) is 0 Å². The predicted octanol–water partition coefficient (Wildman–Crippen LogP) is 23.5. The average Bonchev–Trinajstić information content (AvgIpc) is 1.62. The van der Waals surface area contributed by atoms with E-state index >= 15 is 0 Å². The molecule has 0 aliphatic heterocycles. The summed E-state index contributed by atoms with van der Waals surface area (Å²) in [4.78, 5) is 2.53. The van der Waals surface area contributed by atoms with E-state index < -0.39 is 0 Å². The first kappa shape index (κ1) is 51.6. The Bertz CT molecular complexity index is 5070. The number of fused-ring (bicyclic) bond motifs is 11. The van der Waals surface area contributed by atoms with Crippen molar-refractivity contribution in [1.29, 1.82) is 0 Å². The first-order valence-corrected chi connectivity index (χ1v) is 30.9. The van der Waals surface area contributed by atoms with E-state index in [-0.39, 0.29) is 10.8 Å². The largest absolute Gasteiger partial charge is 0.310 e. The van der Waals surface area contributed by atoms with E-state index in [1.807, 2.05) is 0 Å². The molecule has 14 aromatic carbocycles. The van der Waals surface area contributed by atoms with E-state index in [2.05, 4.69) is 340 Å². The highest BCUT2D eigenvalue weighted by Gasteiger charge is 2.37. The Kier molecular flexibility index (Phi) is 11.7. The van der Waals surface area contributed by atoms with E-state index in [4.69, 9.17) is 0 Å². The molecular weight excluding hydrogens is 1060 g/mol.